The normalized spacial score (nSPS) is 25.4. The summed E-state index contributed by atoms with van der Waals surface area (Å²) >= 11 is 0. The minimum absolute atomic E-state index is 0.0201. The summed E-state index contributed by atoms with van der Waals surface area (Å²) in [6, 6.07) is 14.0. The summed E-state index contributed by atoms with van der Waals surface area (Å²) in [4.78, 5) is 82.0. The molecule has 0 spiro atoms. The number of benzene rings is 2. The van der Waals surface area contributed by atoms with Crippen LogP contribution in [-0.4, -0.2) is 166 Å². The number of fused-ring (bicyclic) bond motifs is 3. The number of aromatic nitrogens is 3. The maximum Gasteiger partial charge on any atom is 0.320 e. The molecular formula is C45H53N13O5. The molecule has 2 bridgehead atoms. The second kappa shape index (κ2) is 16.8. The molecular weight excluding hydrogens is 803 g/mol. The molecule has 1 aliphatic carbocycles. The lowest BCUT2D eigenvalue weighted by molar-refractivity contribution is -0.136. The first kappa shape index (κ1) is 40.7. The van der Waals surface area contributed by atoms with Gasteiger partial charge in [0, 0.05) is 107 Å². The lowest BCUT2D eigenvalue weighted by Gasteiger charge is -2.43. The molecule has 63 heavy (non-hydrogen) atoms. The van der Waals surface area contributed by atoms with Gasteiger partial charge >= 0.3 is 6.03 Å². The number of carbonyl (C=O) groups excluding carboxylic acids is 5. The molecule has 328 valence electrons. The third-order valence-corrected chi connectivity index (χ3v) is 14.2. The van der Waals surface area contributed by atoms with Crippen molar-refractivity contribution in [3.8, 4) is 11.8 Å². The molecule has 7 heterocycles. The molecule has 18 nitrogen and oxygen atoms in total. The van der Waals surface area contributed by atoms with Crippen molar-refractivity contribution in [3.05, 3.63) is 64.8 Å². The van der Waals surface area contributed by atoms with E-state index in [4.69, 9.17) is 10.7 Å². The number of imide groups is 1. The smallest absolute Gasteiger partial charge is 0.320 e. The number of amides is 6. The van der Waals surface area contributed by atoms with E-state index in [0.29, 0.717) is 43.0 Å². The van der Waals surface area contributed by atoms with Crippen LogP contribution >= 0.6 is 0 Å². The first-order valence-corrected chi connectivity index (χ1v) is 22.2. The molecule has 6 aliphatic heterocycles. The van der Waals surface area contributed by atoms with E-state index in [-0.39, 0.29) is 47.9 Å². The molecule has 6 fully saturated rings. The summed E-state index contributed by atoms with van der Waals surface area (Å²) in [5, 5.41) is 14.2. The molecule has 18 heteroatoms. The molecule has 5 saturated heterocycles. The highest BCUT2D eigenvalue weighted by molar-refractivity contribution is 6.05. The number of anilines is 4. The summed E-state index contributed by atoms with van der Waals surface area (Å²) in [6.07, 6.45) is 4.69. The molecule has 4 atom stereocenters. The van der Waals surface area contributed by atoms with Gasteiger partial charge < -0.3 is 35.6 Å². The average Bonchev–Trinajstić information content (AvgIpc) is 4.07. The van der Waals surface area contributed by atoms with E-state index < -0.39 is 17.9 Å². The van der Waals surface area contributed by atoms with Gasteiger partial charge in [0.2, 0.25) is 17.8 Å². The first-order valence-electron chi connectivity index (χ1n) is 22.2. The molecule has 0 radical (unpaired) electrons. The van der Waals surface area contributed by atoms with Gasteiger partial charge in [0.1, 0.15) is 6.04 Å². The number of nitrogens with two attached hydrogens (primary N) is 1. The van der Waals surface area contributed by atoms with E-state index in [1.165, 1.54) is 0 Å². The second-order valence-electron chi connectivity index (χ2n) is 18.0. The number of likely N-dealkylation sites (N-methyl/N-ethyl adjacent to an activating group) is 1. The summed E-state index contributed by atoms with van der Waals surface area (Å²) in [5.41, 5.74) is 9.90. The van der Waals surface area contributed by atoms with E-state index in [2.05, 4.69) is 64.4 Å². The van der Waals surface area contributed by atoms with E-state index in [9.17, 15) is 24.0 Å². The molecule has 3 aromatic rings. The number of piperazine rings is 1. The van der Waals surface area contributed by atoms with Gasteiger partial charge in [-0.25, -0.2) is 4.79 Å². The van der Waals surface area contributed by atoms with Gasteiger partial charge in [-0.15, -0.1) is 10.2 Å². The van der Waals surface area contributed by atoms with E-state index in [1.807, 2.05) is 36.2 Å². The predicted molar refractivity (Wildman–Crippen MR) is 233 cm³/mol. The average molecular weight is 856 g/mol. The van der Waals surface area contributed by atoms with E-state index in [0.717, 1.165) is 107 Å². The number of nitrogens with one attached hydrogen (secondary N) is 2. The largest absolute Gasteiger partial charge is 0.371 e. The fourth-order valence-electron chi connectivity index (χ4n) is 10.8. The third kappa shape index (κ3) is 7.99. The van der Waals surface area contributed by atoms with Crippen molar-refractivity contribution in [3.63, 3.8) is 0 Å². The predicted octanol–water partition coefficient (Wildman–Crippen LogP) is 1.45. The van der Waals surface area contributed by atoms with Crippen LogP contribution in [0.5, 0.6) is 0 Å². The minimum atomic E-state index is -0.708. The quantitative estimate of drug-likeness (QED) is 0.207. The van der Waals surface area contributed by atoms with Crippen LogP contribution in [0.15, 0.2) is 42.5 Å². The number of primary amides is 1. The summed E-state index contributed by atoms with van der Waals surface area (Å²) in [5.74, 6) is 6.18. The zero-order chi connectivity index (χ0) is 43.4. The number of carbonyl (C=O) groups is 5. The Morgan fingerprint density at radius 2 is 1.63 bits per heavy atom. The molecule has 2 aromatic carbocycles. The van der Waals surface area contributed by atoms with Crippen molar-refractivity contribution in [1.82, 2.24) is 45.0 Å². The standard InChI is InChI=1S/C45H53N13O5/c1-52-17-22-56(45(52)63)36-24-29-25-37(36)58(26-29)44-49-41(39(40(46)60)50-51-44)47-31-5-7-32(8-6-31)54-15-12-33(13-16-54)55-20-18-53(19-21-55)14-2-3-28-4-9-34-30(23-28)27-57(43(34)62)35-10-11-38(59)48-42(35)61/h4-9,23,29,33,35-37H,10-22,24-27H2,1H3,(H2,46,60)(H,47,49,51)(H,48,59,61). The molecule has 10 rings (SSSR count). The second-order valence-corrected chi connectivity index (χ2v) is 18.0. The fourth-order valence-corrected chi connectivity index (χ4v) is 10.8. The van der Waals surface area contributed by atoms with Crippen molar-refractivity contribution in [2.75, 3.05) is 87.6 Å². The van der Waals surface area contributed by atoms with Crippen LogP contribution in [0.4, 0.5) is 27.9 Å². The Hall–Kier alpha value is -6.32. The Kier molecular flexibility index (Phi) is 10.8. The Morgan fingerprint density at radius 3 is 2.33 bits per heavy atom. The van der Waals surface area contributed by atoms with Crippen LogP contribution in [-0.2, 0) is 16.1 Å². The fraction of sp³-hybridized carbons (Fsp3) is 0.511. The third-order valence-electron chi connectivity index (χ3n) is 14.2. The highest BCUT2D eigenvalue weighted by atomic mass is 16.2. The lowest BCUT2D eigenvalue weighted by atomic mass is 10.0. The van der Waals surface area contributed by atoms with Crippen LogP contribution in [0.3, 0.4) is 0 Å². The van der Waals surface area contributed by atoms with E-state index in [1.54, 1.807) is 15.9 Å². The van der Waals surface area contributed by atoms with Crippen molar-refractivity contribution >= 4 is 52.8 Å². The Morgan fingerprint density at radius 1 is 0.873 bits per heavy atom. The Balaban J connectivity index is 0.691. The SMILES string of the molecule is CN1CCN(C2CC3CC2N(c2nnc(C(N)=O)c(Nc4ccc(N5CCC(N6CCN(CC#Cc7ccc8c(c7)CN(C7CCC(=O)NC7=O)C8=O)CC6)CC5)cc4)n2)C3)C1=O. The highest BCUT2D eigenvalue weighted by Gasteiger charge is 2.51. The molecule has 1 saturated carbocycles. The first-order chi connectivity index (χ1) is 30.6. The Labute approximate surface area is 366 Å². The van der Waals surface area contributed by atoms with Gasteiger partial charge in [-0.1, -0.05) is 11.8 Å². The Bertz CT molecular complexity index is 2390. The highest BCUT2D eigenvalue weighted by Crippen LogP contribution is 2.43. The van der Waals surface area contributed by atoms with E-state index >= 15 is 0 Å². The molecule has 7 aliphatic rings. The summed E-state index contributed by atoms with van der Waals surface area (Å²) in [6.45, 7) is 9.11. The van der Waals surface area contributed by atoms with Crippen LogP contribution < -0.4 is 26.2 Å². The van der Waals surface area contributed by atoms with Crippen molar-refractivity contribution in [2.45, 2.75) is 69.2 Å². The van der Waals surface area contributed by atoms with Gasteiger partial charge in [-0.05, 0) is 86.1 Å². The van der Waals surface area contributed by atoms with Gasteiger partial charge in [-0.3, -0.25) is 34.3 Å². The van der Waals surface area contributed by atoms with Crippen LogP contribution in [0.25, 0.3) is 0 Å². The van der Waals surface area contributed by atoms with Gasteiger partial charge in [0.25, 0.3) is 11.8 Å². The lowest BCUT2D eigenvalue weighted by Crippen LogP contribution is -2.53. The topological polar surface area (TPSA) is 197 Å². The summed E-state index contributed by atoms with van der Waals surface area (Å²) < 4.78 is 0. The van der Waals surface area contributed by atoms with Crippen molar-refractivity contribution < 1.29 is 24.0 Å². The number of nitrogens with zero attached hydrogens (tertiary/aromatic N) is 10. The number of piperidine rings is 3. The summed E-state index contributed by atoms with van der Waals surface area (Å²) in [7, 11) is 1.84. The van der Waals surface area contributed by atoms with Gasteiger partial charge in [0.05, 0.1) is 18.6 Å². The van der Waals surface area contributed by atoms with Crippen molar-refractivity contribution in [2.24, 2.45) is 11.7 Å². The number of hydrogen-bond acceptors (Lipinski definition) is 13. The van der Waals surface area contributed by atoms with Crippen LogP contribution in [0, 0.1) is 17.8 Å². The molecule has 6 amide bonds. The maximum atomic E-state index is 13.0. The maximum absolute atomic E-state index is 13.0. The number of hydrogen-bond donors (Lipinski definition) is 3. The number of urea groups is 1. The molecule has 1 aromatic heterocycles. The van der Waals surface area contributed by atoms with Gasteiger partial charge in [0.15, 0.2) is 11.5 Å². The number of rotatable bonds is 9. The zero-order valence-corrected chi connectivity index (χ0v) is 35.5. The van der Waals surface area contributed by atoms with Crippen LogP contribution in [0.1, 0.15) is 70.5 Å². The zero-order valence-electron chi connectivity index (χ0n) is 35.5. The monoisotopic (exact) mass is 855 g/mol. The molecule has 4 N–H and O–H groups in total. The molecule has 4 unspecified atom stereocenters. The van der Waals surface area contributed by atoms with Crippen LogP contribution in [0.2, 0.25) is 0 Å². The van der Waals surface area contributed by atoms with Crippen molar-refractivity contribution in [1.29, 1.82) is 0 Å². The van der Waals surface area contributed by atoms with Gasteiger partial charge in [-0.2, -0.15) is 4.98 Å². The minimum Gasteiger partial charge on any atom is -0.371 e.